The maximum absolute atomic E-state index is 13.5. The summed E-state index contributed by atoms with van der Waals surface area (Å²) in [5.74, 6) is -0.208. The molecule has 3 aliphatic heterocycles. The molecule has 6 rings (SSSR count). The third kappa shape index (κ3) is 4.77. The van der Waals surface area contributed by atoms with E-state index in [2.05, 4.69) is 44.5 Å². The van der Waals surface area contributed by atoms with Crippen molar-refractivity contribution in [3.05, 3.63) is 52.7 Å². The minimum Gasteiger partial charge on any atom is -0.539 e. The number of fused-ring (bicyclic) bond motifs is 3. The number of nitrogens with one attached hydrogen (secondary N) is 2. The number of rotatable bonds is 7. The van der Waals surface area contributed by atoms with Crippen LogP contribution in [0.2, 0.25) is 18.1 Å². The second-order valence-corrected chi connectivity index (χ2v) is 17.5. The summed E-state index contributed by atoms with van der Waals surface area (Å²) < 4.78 is 35.5. The zero-order valence-electron chi connectivity index (χ0n) is 25.3. The molecule has 1 aliphatic carbocycles. The van der Waals surface area contributed by atoms with Crippen LogP contribution in [-0.4, -0.2) is 53.7 Å². The van der Waals surface area contributed by atoms with Crippen LogP contribution in [0, 0.1) is 11.8 Å². The van der Waals surface area contributed by atoms with E-state index in [1.165, 1.54) is 6.08 Å². The zero-order valence-corrected chi connectivity index (χ0v) is 26.3. The number of hydrogen-bond acceptors (Lipinski definition) is 10. The Hall–Kier alpha value is -4.19. The molecule has 1 fully saturated rings. The molecular weight excluding hydrogens is 572 g/mol. The first-order chi connectivity index (χ1) is 20.3. The number of methoxy groups -OCH3 is 2. The van der Waals surface area contributed by atoms with Crippen LogP contribution in [0.1, 0.15) is 49.4 Å². The minimum absolute atomic E-state index is 0.0639. The van der Waals surface area contributed by atoms with Crippen LogP contribution in [0.15, 0.2) is 36.0 Å². The molecule has 0 bridgehead atoms. The molecule has 0 unspecified atom stereocenters. The molecular formula is C31H36N2O9Si. The summed E-state index contributed by atoms with van der Waals surface area (Å²) >= 11 is 0. The fourth-order valence-corrected chi connectivity index (χ4v) is 7.04. The molecule has 2 amide bonds. The van der Waals surface area contributed by atoms with Crippen molar-refractivity contribution in [2.75, 3.05) is 27.6 Å². The third-order valence-corrected chi connectivity index (χ3v) is 13.6. The smallest absolute Gasteiger partial charge is 0.310 e. The summed E-state index contributed by atoms with van der Waals surface area (Å²) in [5.41, 5.74) is 2.51. The van der Waals surface area contributed by atoms with Gasteiger partial charge in [-0.3, -0.25) is 19.7 Å². The van der Waals surface area contributed by atoms with E-state index in [0.29, 0.717) is 28.7 Å². The van der Waals surface area contributed by atoms with Crippen LogP contribution >= 0.6 is 0 Å². The van der Waals surface area contributed by atoms with Crippen molar-refractivity contribution in [3.8, 4) is 28.7 Å². The first-order valence-electron chi connectivity index (χ1n) is 14.2. The topological polar surface area (TPSA) is 131 Å². The van der Waals surface area contributed by atoms with E-state index in [-0.39, 0.29) is 36.0 Å². The van der Waals surface area contributed by atoms with Crippen molar-refractivity contribution in [2.24, 2.45) is 11.8 Å². The molecule has 2 aromatic carbocycles. The van der Waals surface area contributed by atoms with Gasteiger partial charge in [-0.2, -0.15) is 0 Å². The molecule has 0 saturated carbocycles. The lowest BCUT2D eigenvalue weighted by molar-refractivity contribution is -0.141. The van der Waals surface area contributed by atoms with Gasteiger partial charge in [0.05, 0.1) is 32.8 Å². The third-order valence-electron chi connectivity index (χ3n) is 9.26. The predicted molar refractivity (Wildman–Crippen MR) is 157 cm³/mol. The number of hydrogen-bond donors (Lipinski definition) is 2. The Morgan fingerprint density at radius 3 is 2.12 bits per heavy atom. The molecule has 11 nitrogen and oxygen atoms in total. The zero-order chi connectivity index (χ0) is 30.8. The van der Waals surface area contributed by atoms with Crippen LogP contribution in [0.25, 0.3) is 0 Å². The highest BCUT2D eigenvalue weighted by atomic mass is 28.4. The Balaban J connectivity index is 1.51. The van der Waals surface area contributed by atoms with Gasteiger partial charge in [-0.25, -0.2) is 0 Å². The molecule has 3 heterocycles. The van der Waals surface area contributed by atoms with Gasteiger partial charge in [0.2, 0.25) is 6.79 Å². The van der Waals surface area contributed by atoms with Crippen LogP contribution < -0.4 is 34.0 Å². The highest BCUT2D eigenvalue weighted by Crippen LogP contribution is 2.56. The standard InChI is InChI=1S/C31H36N2O9Si/c1-31(2,3)43(6,7)42-28-22(37-4)8-15(9-23(28)38-5)25-16-10-20-21(41-14-40-20)11-17(16)27(18-13-39-30(36)26(18)25)32-19-12-24(34)33-29(19)35/h8-12,18,25-27H,13-14H2,1-7H3,(H2,32,33,34,35)/t18-,25+,26-,27+/m0/s1. The average Bonchev–Trinajstić information content (AvgIpc) is 3.65. The fraction of sp³-hybridized carbons (Fsp3) is 0.452. The summed E-state index contributed by atoms with van der Waals surface area (Å²) in [6.45, 7) is 11.0. The Morgan fingerprint density at radius 1 is 0.930 bits per heavy atom. The molecule has 4 atom stereocenters. The molecule has 2 N–H and O–H groups in total. The largest absolute Gasteiger partial charge is 0.539 e. The number of amides is 2. The van der Waals surface area contributed by atoms with Crippen molar-refractivity contribution < 1.29 is 42.5 Å². The first kappa shape index (κ1) is 28.9. The van der Waals surface area contributed by atoms with Gasteiger partial charge in [0, 0.05) is 17.9 Å². The molecule has 2 aromatic rings. The summed E-state index contributed by atoms with van der Waals surface area (Å²) in [6.07, 6.45) is 1.23. The molecule has 0 aromatic heterocycles. The second-order valence-electron chi connectivity index (χ2n) is 12.7. The molecule has 0 spiro atoms. The summed E-state index contributed by atoms with van der Waals surface area (Å²) in [7, 11) is 0.891. The highest BCUT2D eigenvalue weighted by molar-refractivity contribution is 6.74. The van der Waals surface area contributed by atoms with Gasteiger partial charge in [0.25, 0.3) is 20.1 Å². The van der Waals surface area contributed by atoms with Gasteiger partial charge < -0.3 is 33.4 Å². The molecule has 228 valence electrons. The van der Waals surface area contributed by atoms with Gasteiger partial charge in [-0.1, -0.05) is 20.8 Å². The van der Waals surface area contributed by atoms with Crippen molar-refractivity contribution in [2.45, 2.75) is 50.9 Å². The van der Waals surface area contributed by atoms with Gasteiger partial charge in [0.1, 0.15) is 5.70 Å². The van der Waals surface area contributed by atoms with Crippen LogP contribution in [0.4, 0.5) is 0 Å². The van der Waals surface area contributed by atoms with E-state index >= 15 is 0 Å². The molecule has 0 radical (unpaired) electrons. The van der Waals surface area contributed by atoms with E-state index in [1.54, 1.807) is 14.2 Å². The van der Waals surface area contributed by atoms with Gasteiger partial charge >= 0.3 is 5.97 Å². The lowest BCUT2D eigenvalue weighted by Crippen LogP contribution is -2.44. The summed E-state index contributed by atoms with van der Waals surface area (Å²) in [4.78, 5) is 37.9. The van der Waals surface area contributed by atoms with Crippen LogP contribution in [0.3, 0.4) is 0 Å². The molecule has 4 aliphatic rings. The lowest BCUT2D eigenvalue weighted by Gasteiger charge is -2.40. The minimum atomic E-state index is -2.27. The van der Waals surface area contributed by atoms with E-state index in [1.807, 2.05) is 24.3 Å². The summed E-state index contributed by atoms with van der Waals surface area (Å²) in [5, 5.41) is 5.44. The Morgan fingerprint density at radius 2 is 1.56 bits per heavy atom. The average molecular weight is 609 g/mol. The van der Waals surface area contributed by atoms with Gasteiger partial charge in [-0.15, -0.1) is 0 Å². The van der Waals surface area contributed by atoms with Crippen molar-refractivity contribution in [3.63, 3.8) is 0 Å². The summed E-state index contributed by atoms with van der Waals surface area (Å²) in [6, 6.07) is 7.02. The number of imide groups is 1. The van der Waals surface area contributed by atoms with E-state index in [4.69, 9.17) is 28.1 Å². The number of esters is 1. The van der Waals surface area contributed by atoms with Gasteiger partial charge in [0.15, 0.2) is 28.7 Å². The highest BCUT2D eigenvalue weighted by Gasteiger charge is 2.53. The SMILES string of the molecule is COc1cc([C@@H]2c3cc4c(cc3[C@@H](NC3=CC(=O)NC3=O)[C@H]3COC(=O)[C@H]23)OCO4)cc(OC)c1O[Si](C)(C)C(C)(C)C. The Bertz CT molecular complexity index is 1540. The number of cyclic esters (lactones) is 1. The maximum atomic E-state index is 13.5. The maximum Gasteiger partial charge on any atom is 0.310 e. The number of ether oxygens (including phenoxy) is 5. The number of benzene rings is 2. The number of carbonyl (C=O) groups is 3. The van der Waals surface area contributed by atoms with Crippen LogP contribution in [0.5, 0.6) is 28.7 Å². The second kappa shape index (κ2) is 10.2. The van der Waals surface area contributed by atoms with Crippen molar-refractivity contribution >= 4 is 26.1 Å². The van der Waals surface area contributed by atoms with E-state index in [9.17, 15) is 14.4 Å². The Labute approximate surface area is 250 Å². The van der Waals surface area contributed by atoms with Crippen molar-refractivity contribution in [1.29, 1.82) is 0 Å². The monoisotopic (exact) mass is 608 g/mol. The molecule has 1 saturated heterocycles. The van der Waals surface area contributed by atoms with Crippen molar-refractivity contribution in [1.82, 2.24) is 10.6 Å². The first-order valence-corrected chi connectivity index (χ1v) is 17.1. The van der Waals surface area contributed by atoms with Gasteiger partial charge in [-0.05, 0) is 59.1 Å². The Kier molecular flexibility index (Phi) is 6.87. The number of carbonyl (C=O) groups excluding carboxylic acids is 3. The molecule has 43 heavy (non-hydrogen) atoms. The quantitative estimate of drug-likeness (QED) is 0.271. The lowest BCUT2D eigenvalue weighted by atomic mass is 9.65. The van der Waals surface area contributed by atoms with Crippen LogP contribution in [-0.2, 0) is 19.1 Å². The molecule has 12 heteroatoms. The van der Waals surface area contributed by atoms with E-state index < -0.39 is 38.0 Å². The normalized spacial score (nSPS) is 24.1. The fourth-order valence-electron chi connectivity index (χ4n) is 6.02. The predicted octanol–water partition coefficient (Wildman–Crippen LogP) is 3.92. The van der Waals surface area contributed by atoms with E-state index in [0.717, 1.165) is 16.7 Å².